The smallest absolute Gasteiger partial charge is 0.462 e. The van der Waals surface area contributed by atoms with Crippen LogP contribution in [0, 0.1) is 0 Å². The standard InChI is InChI=1S/C48H88NO8P/c1-4-6-8-10-12-14-16-18-20-22-23-25-27-29-31-33-35-37-39-41-48(51)57-46(45-56-58(52,53)55-43-42-49-3)44-54-47(50)40-38-36-34-32-30-28-26-24-21-19-17-15-13-11-9-7-5-2/h7,9,13,15,19,21,26,28,46,49H,4-6,8,10-12,14,16-18,20,22-25,27,29-45H2,1-3H3,(H,52,53)/b9-7-,15-13-,21-19-,28-26-. The molecule has 0 aromatic heterocycles. The lowest BCUT2D eigenvalue weighted by Gasteiger charge is -2.20. The molecular formula is C48H88NO8P. The number of likely N-dealkylation sites (N-methyl/N-ethyl adjacent to an activating group) is 1. The second kappa shape index (κ2) is 44.5. The number of allylic oxidation sites excluding steroid dienone is 8. The molecule has 0 aliphatic heterocycles. The van der Waals surface area contributed by atoms with Gasteiger partial charge in [0.2, 0.25) is 0 Å². The SMILES string of the molecule is CC/C=C\C/C=C\C/C=C\C/C=C\CCCCCCC(=O)OCC(COP(=O)(O)OCCNC)OC(=O)CCCCCCCCCCCCCCCCCCCCC. The fraction of sp³-hybridized carbons (Fsp3) is 0.792. The first-order chi connectivity index (χ1) is 28.3. The number of rotatable bonds is 44. The molecule has 0 spiro atoms. The third kappa shape index (κ3) is 43.5. The Balaban J connectivity index is 4.19. The summed E-state index contributed by atoms with van der Waals surface area (Å²) in [5, 5.41) is 2.83. The van der Waals surface area contributed by atoms with E-state index in [0.29, 0.717) is 19.4 Å². The Morgan fingerprint density at radius 2 is 0.983 bits per heavy atom. The van der Waals surface area contributed by atoms with Gasteiger partial charge in [0.05, 0.1) is 13.2 Å². The van der Waals surface area contributed by atoms with E-state index in [1.165, 1.54) is 103 Å². The molecule has 0 rings (SSSR count). The van der Waals surface area contributed by atoms with Crippen LogP contribution in [0.25, 0.3) is 0 Å². The van der Waals surface area contributed by atoms with Gasteiger partial charge < -0.3 is 19.7 Å². The maximum absolute atomic E-state index is 12.7. The minimum absolute atomic E-state index is 0.0213. The Morgan fingerprint density at radius 3 is 1.47 bits per heavy atom. The largest absolute Gasteiger partial charge is 0.472 e. The van der Waals surface area contributed by atoms with E-state index in [9.17, 15) is 19.0 Å². The quantitative estimate of drug-likeness (QED) is 0.0267. The lowest BCUT2D eigenvalue weighted by molar-refractivity contribution is -0.161. The van der Waals surface area contributed by atoms with Gasteiger partial charge in [-0.25, -0.2) is 4.57 Å². The van der Waals surface area contributed by atoms with Gasteiger partial charge in [0.15, 0.2) is 6.10 Å². The average Bonchev–Trinajstić information content (AvgIpc) is 3.21. The molecule has 9 nitrogen and oxygen atoms in total. The van der Waals surface area contributed by atoms with Crippen molar-refractivity contribution in [3.63, 3.8) is 0 Å². The number of carbonyl (C=O) groups is 2. The number of phosphoric acid groups is 1. The van der Waals surface area contributed by atoms with E-state index in [2.05, 4.69) is 67.8 Å². The third-order valence-corrected chi connectivity index (χ3v) is 10.9. The maximum Gasteiger partial charge on any atom is 0.472 e. The van der Waals surface area contributed by atoms with E-state index in [1.807, 2.05) is 0 Å². The van der Waals surface area contributed by atoms with Crippen molar-refractivity contribution >= 4 is 19.8 Å². The first-order valence-corrected chi connectivity index (χ1v) is 25.1. The Kier molecular flexibility index (Phi) is 43.0. The average molecular weight is 838 g/mol. The lowest BCUT2D eigenvalue weighted by atomic mass is 10.0. The zero-order chi connectivity index (χ0) is 42.5. The van der Waals surface area contributed by atoms with Crippen molar-refractivity contribution in [3.05, 3.63) is 48.6 Å². The Hall–Kier alpha value is -2.03. The molecule has 0 heterocycles. The predicted molar refractivity (Wildman–Crippen MR) is 243 cm³/mol. The molecule has 338 valence electrons. The molecule has 0 aliphatic carbocycles. The minimum Gasteiger partial charge on any atom is -0.462 e. The highest BCUT2D eigenvalue weighted by Gasteiger charge is 2.26. The highest BCUT2D eigenvalue weighted by Crippen LogP contribution is 2.43. The summed E-state index contributed by atoms with van der Waals surface area (Å²) in [6.45, 7) is 4.11. The third-order valence-electron chi connectivity index (χ3n) is 9.96. The van der Waals surface area contributed by atoms with Crippen molar-refractivity contribution in [1.29, 1.82) is 0 Å². The van der Waals surface area contributed by atoms with Crippen LogP contribution >= 0.6 is 7.82 Å². The van der Waals surface area contributed by atoms with Gasteiger partial charge in [-0.05, 0) is 58.4 Å². The van der Waals surface area contributed by atoms with Crippen molar-refractivity contribution in [2.45, 2.75) is 213 Å². The topological polar surface area (TPSA) is 120 Å². The van der Waals surface area contributed by atoms with E-state index in [0.717, 1.165) is 64.2 Å². The Morgan fingerprint density at radius 1 is 0.552 bits per heavy atom. The highest BCUT2D eigenvalue weighted by molar-refractivity contribution is 7.47. The molecule has 0 fully saturated rings. The first kappa shape index (κ1) is 56.0. The van der Waals surface area contributed by atoms with Gasteiger partial charge in [0, 0.05) is 19.4 Å². The van der Waals surface area contributed by atoms with Crippen LogP contribution in [0.3, 0.4) is 0 Å². The minimum atomic E-state index is -4.36. The molecule has 10 heteroatoms. The van der Waals surface area contributed by atoms with Gasteiger partial charge >= 0.3 is 19.8 Å². The lowest BCUT2D eigenvalue weighted by Crippen LogP contribution is -2.29. The molecule has 2 N–H and O–H groups in total. The van der Waals surface area contributed by atoms with Crippen molar-refractivity contribution in [1.82, 2.24) is 5.32 Å². The Bertz CT molecular complexity index is 1090. The molecule has 0 saturated heterocycles. The molecule has 0 aliphatic rings. The van der Waals surface area contributed by atoms with Crippen LogP contribution in [0.4, 0.5) is 0 Å². The molecule has 0 bridgehead atoms. The van der Waals surface area contributed by atoms with Crippen LogP contribution in [-0.4, -0.2) is 56.3 Å². The molecule has 0 aromatic carbocycles. The number of hydrogen-bond donors (Lipinski definition) is 2. The fourth-order valence-electron chi connectivity index (χ4n) is 6.43. The summed E-state index contributed by atoms with van der Waals surface area (Å²) in [5.41, 5.74) is 0. The van der Waals surface area contributed by atoms with Crippen LogP contribution < -0.4 is 5.32 Å². The Labute approximate surface area is 356 Å². The zero-order valence-corrected chi connectivity index (χ0v) is 38.4. The predicted octanol–water partition coefficient (Wildman–Crippen LogP) is 13.8. The van der Waals surface area contributed by atoms with Crippen molar-refractivity contribution < 1.29 is 37.6 Å². The summed E-state index contributed by atoms with van der Waals surface area (Å²) in [6, 6.07) is 0. The van der Waals surface area contributed by atoms with Gasteiger partial charge in [-0.15, -0.1) is 0 Å². The zero-order valence-electron chi connectivity index (χ0n) is 37.5. The van der Waals surface area contributed by atoms with Crippen LogP contribution in [0.15, 0.2) is 48.6 Å². The van der Waals surface area contributed by atoms with Crippen LogP contribution in [0.1, 0.15) is 206 Å². The molecule has 0 radical (unpaired) electrons. The summed E-state index contributed by atoms with van der Waals surface area (Å²) in [7, 11) is -2.66. The van der Waals surface area contributed by atoms with E-state index >= 15 is 0 Å². The summed E-state index contributed by atoms with van der Waals surface area (Å²) >= 11 is 0. The van der Waals surface area contributed by atoms with Crippen molar-refractivity contribution in [2.75, 3.05) is 33.4 Å². The van der Waals surface area contributed by atoms with E-state index in [1.54, 1.807) is 7.05 Å². The molecule has 58 heavy (non-hydrogen) atoms. The van der Waals surface area contributed by atoms with Gasteiger partial charge in [-0.2, -0.15) is 0 Å². The number of phosphoric ester groups is 1. The second-order valence-corrected chi connectivity index (χ2v) is 17.0. The summed E-state index contributed by atoms with van der Waals surface area (Å²) in [4.78, 5) is 35.1. The summed E-state index contributed by atoms with van der Waals surface area (Å²) < 4.78 is 33.3. The second-order valence-electron chi connectivity index (χ2n) is 15.6. The molecule has 2 unspecified atom stereocenters. The van der Waals surface area contributed by atoms with Crippen molar-refractivity contribution in [3.8, 4) is 0 Å². The summed E-state index contributed by atoms with van der Waals surface area (Å²) in [5.74, 6) is -0.829. The number of esters is 2. The summed E-state index contributed by atoms with van der Waals surface area (Å²) in [6.07, 6.45) is 50.1. The van der Waals surface area contributed by atoms with Gasteiger partial charge in [-0.3, -0.25) is 18.6 Å². The van der Waals surface area contributed by atoms with Crippen molar-refractivity contribution in [2.24, 2.45) is 0 Å². The van der Waals surface area contributed by atoms with E-state index < -0.39 is 32.5 Å². The molecular weight excluding hydrogens is 750 g/mol. The number of nitrogens with one attached hydrogen (secondary N) is 1. The number of unbranched alkanes of at least 4 members (excludes halogenated alkanes) is 22. The fourth-order valence-corrected chi connectivity index (χ4v) is 7.18. The van der Waals surface area contributed by atoms with Crippen LogP contribution in [0.2, 0.25) is 0 Å². The number of hydrogen-bond acceptors (Lipinski definition) is 8. The number of carbonyl (C=O) groups excluding carboxylic acids is 2. The molecule has 0 aromatic rings. The van der Waals surface area contributed by atoms with Crippen LogP contribution in [0.5, 0.6) is 0 Å². The normalized spacial score (nSPS) is 13.7. The van der Waals surface area contributed by atoms with Crippen LogP contribution in [-0.2, 0) is 32.7 Å². The highest BCUT2D eigenvalue weighted by atomic mass is 31.2. The molecule has 0 saturated carbocycles. The molecule has 2 atom stereocenters. The van der Waals surface area contributed by atoms with Gasteiger partial charge in [-0.1, -0.05) is 191 Å². The first-order valence-electron chi connectivity index (χ1n) is 23.6. The number of ether oxygens (including phenoxy) is 2. The van der Waals surface area contributed by atoms with Gasteiger partial charge in [0.1, 0.15) is 6.61 Å². The maximum atomic E-state index is 12.7. The monoisotopic (exact) mass is 838 g/mol. The van der Waals surface area contributed by atoms with E-state index in [4.69, 9.17) is 18.5 Å². The van der Waals surface area contributed by atoms with E-state index in [-0.39, 0.29) is 26.1 Å². The molecule has 0 amide bonds. The van der Waals surface area contributed by atoms with Gasteiger partial charge in [0.25, 0.3) is 0 Å².